The lowest BCUT2D eigenvalue weighted by molar-refractivity contribution is 0.545. The molecule has 13 heavy (non-hydrogen) atoms. The van der Waals surface area contributed by atoms with Crippen LogP contribution in [0.2, 0.25) is 4.34 Å². The van der Waals surface area contributed by atoms with Crippen LogP contribution in [0.3, 0.4) is 0 Å². The van der Waals surface area contributed by atoms with Gasteiger partial charge in [-0.25, -0.2) is 0 Å². The SMILES string of the molecule is CCNC(CC)c1cc(Br)c(Cl)s1. The molecule has 1 rings (SSSR count). The molecule has 0 radical (unpaired) electrons. The molecule has 0 aliphatic carbocycles. The topological polar surface area (TPSA) is 12.0 Å². The minimum atomic E-state index is 0.443. The van der Waals surface area contributed by atoms with E-state index in [0.717, 1.165) is 21.8 Å². The lowest BCUT2D eigenvalue weighted by Crippen LogP contribution is -2.18. The molecular formula is C9H13BrClNS. The van der Waals surface area contributed by atoms with Crippen LogP contribution in [-0.2, 0) is 0 Å². The zero-order valence-electron chi connectivity index (χ0n) is 7.73. The van der Waals surface area contributed by atoms with Crippen LogP contribution in [0.5, 0.6) is 0 Å². The molecule has 0 spiro atoms. The van der Waals surface area contributed by atoms with Crippen molar-refractivity contribution < 1.29 is 0 Å². The Morgan fingerprint density at radius 3 is 2.69 bits per heavy atom. The maximum Gasteiger partial charge on any atom is 0.107 e. The Morgan fingerprint density at radius 2 is 2.31 bits per heavy atom. The summed E-state index contributed by atoms with van der Waals surface area (Å²) in [6.07, 6.45) is 1.09. The van der Waals surface area contributed by atoms with Crippen molar-refractivity contribution in [3.05, 3.63) is 19.8 Å². The molecule has 1 nitrogen and oxygen atoms in total. The lowest BCUT2D eigenvalue weighted by Gasteiger charge is -2.12. The summed E-state index contributed by atoms with van der Waals surface area (Å²) >= 11 is 11.0. The summed E-state index contributed by atoms with van der Waals surface area (Å²) in [5, 5.41) is 3.42. The Kier molecular flexibility index (Phi) is 4.73. The van der Waals surface area contributed by atoms with Gasteiger partial charge in [0, 0.05) is 15.4 Å². The van der Waals surface area contributed by atoms with Gasteiger partial charge in [-0.15, -0.1) is 11.3 Å². The maximum atomic E-state index is 5.97. The van der Waals surface area contributed by atoms with E-state index < -0.39 is 0 Å². The van der Waals surface area contributed by atoms with Crippen LogP contribution in [0.15, 0.2) is 10.5 Å². The number of hydrogen-bond acceptors (Lipinski definition) is 2. The van der Waals surface area contributed by atoms with Gasteiger partial charge in [-0.2, -0.15) is 0 Å². The summed E-state index contributed by atoms with van der Waals surface area (Å²) in [6, 6.07) is 2.54. The summed E-state index contributed by atoms with van der Waals surface area (Å²) in [5.74, 6) is 0. The highest BCUT2D eigenvalue weighted by Crippen LogP contribution is 2.35. The highest BCUT2D eigenvalue weighted by Gasteiger charge is 2.12. The summed E-state index contributed by atoms with van der Waals surface area (Å²) in [5.41, 5.74) is 0. The Bertz CT molecular complexity index is 255. The van der Waals surface area contributed by atoms with E-state index in [2.05, 4.69) is 41.2 Å². The molecule has 0 aliphatic rings. The lowest BCUT2D eigenvalue weighted by atomic mass is 10.2. The fourth-order valence-corrected chi connectivity index (χ4v) is 3.12. The van der Waals surface area contributed by atoms with Crippen LogP contribution >= 0.6 is 38.9 Å². The second kappa shape index (κ2) is 5.35. The molecule has 1 aromatic heterocycles. The van der Waals surface area contributed by atoms with Crippen molar-refractivity contribution in [2.45, 2.75) is 26.3 Å². The van der Waals surface area contributed by atoms with Crippen molar-refractivity contribution in [1.82, 2.24) is 5.32 Å². The summed E-state index contributed by atoms with van der Waals surface area (Å²) in [4.78, 5) is 1.31. The summed E-state index contributed by atoms with van der Waals surface area (Å²) in [6.45, 7) is 5.29. The maximum absolute atomic E-state index is 5.97. The van der Waals surface area contributed by atoms with E-state index in [4.69, 9.17) is 11.6 Å². The van der Waals surface area contributed by atoms with Gasteiger partial charge < -0.3 is 5.32 Å². The van der Waals surface area contributed by atoms with Crippen molar-refractivity contribution in [3.8, 4) is 0 Å². The second-order valence-corrected chi connectivity index (χ2v) is 5.33. The molecule has 1 heterocycles. The summed E-state index contributed by atoms with van der Waals surface area (Å²) in [7, 11) is 0. The molecule has 1 unspecified atom stereocenters. The highest BCUT2D eigenvalue weighted by molar-refractivity contribution is 9.10. The Morgan fingerprint density at radius 1 is 1.62 bits per heavy atom. The predicted octanol–water partition coefficient (Wildman–Crippen LogP) is 4.22. The van der Waals surface area contributed by atoms with Crippen molar-refractivity contribution in [1.29, 1.82) is 0 Å². The van der Waals surface area contributed by atoms with Crippen LogP contribution in [-0.4, -0.2) is 6.54 Å². The van der Waals surface area contributed by atoms with Crippen LogP contribution < -0.4 is 5.32 Å². The Labute approximate surface area is 96.6 Å². The number of halogens is 2. The standard InChI is InChI=1S/C9H13BrClNS/c1-3-7(12-4-2)8-5-6(10)9(11)13-8/h5,7,12H,3-4H2,1-2H3. The molecule has 0 bridgehead atoms. The molecule has 74 valence electrons. The van der Waals surface area contributed by atoms with Crippen molar-refractivity contribution in [2.24, 2.45) is 0 Å². The molecular weight excluding hydrogens is 270 g/mol. The van der Waals surface area contributed by atoms with E-state index in [1.54, 1.807) is 11.3 Å². The van der Waals surface area contributed by atoms with E-state index in [-0.39, 0.29) is 0 Å². The third-order valence-corrected chi connectivity index (χ3v) is 4.45. The monoisotopic (exact) mass is 281 g/mol. The molecule has 0 saturated heterocycles. The smallest absolute Gasteiger partial charge is 0.107 e. The van der Waals surface area contributed by atoms with Gasteiger partial charge in [-0.3, -0.25) is 0 Å². The highest BCUT2D eigenvalue weighted by atomic mass is 79.9. The van der Waals surface area contributed by atoms with Crippen molar-refractivity contribution in [3.63, 3.8) is 0 Å². The van der Waals surface area contributed by atoms with Crippen molar-refractivity contribution >= 4 is 38.9 Å². The molecule has 0 fully saturated rings. The Balaban J connectivity index is 2.78. The van der Waals surface area contributed by atoms with E-state index >= 15 is 0 Å². The molecule has 0 aromatic carbocycles. The first-order valence-corrected chi connectivity index (χ1v) is 6.35. The average molecular weight is 283 g/mol. The zero-order chi connectivity index (χ0) is 9.84. The van der Waals surface area contributed by atoms with Gasteiger partial charge in [0.15, 0.2) is 0 Å². The third-order valence-electron chi connectivity index (χ3n) is 1.87. The normalized spacial score (nSPS) is 13.2. The third kappa shape index (κ3) is 2.94. The number of hydrogen-bond donors (Lipinski definition) is 1. The molecule has 4 heteroatoms. The molecule has 1 aromatic rings. The molecule has 0 aliphatic heterocycles. The molecule has 1 N–H and O–H groups in total. The van der Waals surface area contributed by atoms with Crippen LogP contribution in [0.25, 0.3) is 0 Å². The first kappa shape index (κ1) is 11.5. The van der Waals surface area contributed by atoms with Crippen LogP contribution in [0.1, 0.15) is 31.2 Å². The predicted molar refractivity (Wildman–Crippen MR) is 63.7 cm³/mol. The van der Waals surface area contributed by atoms with Gasteiger partial charge in [0.25, 0.3) is 0 Å². The molecule has 0 saturated carbocycles. The first-order valence-electron chi connectivity index (χ1n) is 4.37. The fraction of sp³-hybridized carbons (Fsp3) is 0.556. The van der Waals surface area contributed by atoms with Gasteiger partial charge in [-0.05, 0) is 35.0 Å². The zero-order valence-corrected chi connectivity index (χ0v) is 10.9. The van der Waals surface area contributed by atoms with Crippen LogP contribution in [0.4, 0.5) is 0 Å². The number of nitrogens with one attached hydrogen (secondary N) is 1. The Hall–Kier alpha value is 0.430. The summed E-state index contributed by atoms with van der Waals surface area (Å²) < 4.78 is 1.84. The van der Waals surface area contributed by atoms with Gasteiger partial charge in [0.05, 0.1) is 0 Å². The van der Waals surface area contributed by atoms with Gasteiger partial charge in [-0.1, -0.05) is 25.4 Å². The average Bonchev–Trinajstić information content (AvgIpc) is 2.43. The number of rotatable bonds is 4. The van der Waals surface area contributed by atoms with E-state index in [1.807, 2.05) is 0 Å². The van der Waals surface area contributed by atoms with E-state index in [1.165, 1.54) is 4.88 Å². The molecule has 1 atom stereocenters. The molecule has 0 amide bonds. The van der Waals surface area contributed by atoms with Gasteiger partial charge in [0.2, 0.25) is 0 Å². The van der Waals surface area contributed by atoms with Gasteiger partial charge in [0.1, 0.15) is 4.34 Å². The van der Waals surface area contributed by atoms with Crippen LogP contribution in [0, 0.1) is 0 Å². The van der Waals surface area contributed by atoms with Gasteiger partial charge >= 0.3 is 0 Å². The quantitative estimate of drug-likeness (QED) is 0.871. The van der Waals surface area contributed by atoms with Crippen molar-refractivity contribution in [2.75, 3.05) is 6.54 Å². The van der Waals surface area contributed by atoms with E-state index in [0.29, 0.717) is 6.04 Å². The second-order valence-electron chi connectivity index (χ2n) is 2.79. The minimum Gasteiger partial charge on any atom is -0.310 e. The van der Waals surface area contributed by atoms with E-state index in [9.17, 15) is 0 Å². The fourth-order valence-electron chi connectivity index (χ4n) is 1.23. The minimum absolute atomic E-state index is 0.443. The first-order chi connectivity index (χ1) is 6.19. The number of thiophene rings is 1. The largest absolute Gasteiger partial charge is 0.310 e.